The number of rotatable bonds is 1. The molecule has 0 atom stereocenters. The van der Waals surface area contributed by atoms with Gasteiger partial charge in [0, 0.05) is 34.4 Å². The van der Waals surface area contributed by atoms with Crippen LogP contribution in [0.25, 0.3) is 0 Å². The van der Waals surface area contributed by atoms with Gasteiger partial charge in [0.2, 0.25) is 0 Å². The van der Waals surface area contributed by atoms with Gasteiger partial charge in [-0.25, -0.2) is 4.98 Å². The minimum Gasteiger partial charge on any atom is -0.386 e. The van der Waals surface area contributed by atoms with E-state index in [0.717, 1.165) is 4.47 Å². The Hall–Kier alpha value is -2.20. The van der Waals surface area contributed by atoms with Crippen LogP contribution < -0.4 is 10.5 Å². The van der Waals surface area contributed by atoms with E-state index < -0.39 is 5.60 Å². The zero-order valence-electron chi connectivity index (χ0n) is 13.1. The Bertz CT molecular complexity index is 919. The molecule has 3 heterocycles. The molecule has 1 aliphatic heterocycles. The number of nitrogens with zero attached hydrogens (tertiary/aromatic N) is 4. The Labute approximate surface area is 160 Å². The van der Waals surface area contributed by atoms with Crippen LogP contribution in [-0.4, -0.2) is 33.8 Å². The van der Waals surface area contributed by atoms with Crippen molar-refractivity contribution in [3.63, 3.8) is 0 Å². The van der Waals surface area contributed by atoms with Gasteiger partial charge in [0.25, 0.3) is 5.56 Å². The number of β-amino-alcohol motifs (C(OH)–C–C–N with tert-alkyl or cyclic N) is 1. The fourth-order valence-corrected chi connectivity index (χ4v) is 2.91. The summed E-state index contributed by atoms with van der Waals surface area (Å²) in [5, 5.41) is 26.9. The maximum absolute atomic E-state index is 10.7. The van der Waals surface area contributed by atoms with Gasteiger partial charge in [-0.15, -0.1) is 0 Å². The summed E-state index contributed by atoms with van der Waals surface area (Å²) in [5.41, 5.74) is -0.360. The Morgan fingerprint density at radius 2 is 1.84 bits per heavy atom. The van der Waals surface area contributed by atoms with E-state index in [-0.39, 0.29) is 11.1 Å². The van der Waals surface area contributed by atoms with Crippen LogP contribution in [0.2, 0.25) is 0 Å². The number of nitrogens with one attached hydrogen (secondary N) is 1. The highest BCUT2D eigenvalue weighted by Crippen LogP contribution is 2.29. The van der Waals surface area contributed by atoms with E-state index in [9.17, 15) is 9.90 Å². The van der Waals surface area contributed by atoms with E-state index in [4.69, 9.17) is 10.5 Å². The molecule has 9 heteroatoms. The van der Waals surface area contributed by atoms with Crippen molar-refractivity contribution in [2.24, 2.45) is 0 Å². The smallest absolute Gasteiger partial charge is 0.265 e. The number of aromatic amines is 1. The molecule has 0 spiro atoms. The topological polar surface area (TPSA) is 117 Å². The molecule has 0 amide bonds. The number of anilines is 1. The maximum Gasteiger partial charge on any atom is 0.265 e. The van der Waals surface area contributed by atoms with E-state index in [1.165, 1.54) is 12.3 Å². The predicted molar refractivity (Wildman–Crippen MR) is 99.0 cm³/mol. The number of halogens is 2. The van der Waals surface area contributed by atoms with Gasteiger partial charge in [-0.2, -0.15) is 10.5 Å². The first kappa shape index (κ1) is 19.1. The lowest BCUT2D eigenvalue weighted by Gasteiger charge is -2.45. The third-order valence-corrected chi connectivity index (χ3v) is 4.20. The maximum atomic E-state index is 10.7. The summed E-state index contributed by atoms with van der Waals surface area (Å²) in [5.74, 6) is 0.646. The monoisotopic (exact) mass is 465 g/mol. The van der Waals surface area contributed by atoms with Gasteiger partial charge < -0.3 is 15.0 Å². The fraction of sp³-hybridized carbons (Fsp3) is 0.250. The molecule has 2 aromatic heterocycles. The van der Waals surface area contributed by atoms with Gasteiger partial charge in [-0.05, 0) is 50.9 Å². The van der Waals surface area contributed by atoms with Gasteiger partial charge in [0.05, 0.1) is 11.2 Å². The summed E-state index contributed by atoms with van der Waals surface area (Å²) in [7, 11) is 0. The lowest BCUT2D eigenvalue weighted by molar-refractivity contribution is 0.0305. The number of nitriles is 2. The molecule has 0 radical (unpaired) electrons. The van der Waals surface area contributed by atoms with Crippen molar-refractivity contribution < 1.29 is 5.11 Å². The van der Waals surface area contributed by atoms with Crippen LogP contribution >= 0.6 is 31.9 Å². The Morgan fingerprint density at radius 1 is 1.24 bits per heavy atom. The second kappa shape index (κ2) is 7.79. The zero-order valence-corrected chi connectivity index (χ0v) is 16.3. The van der Waals surface area contributed by atoms with E-state index >= 15 is 0 Å². The summed E-state index contributed by atoms with van der Waals surface area (Å²) in [6.45, 7) is 2.82. The van der Waals surface area contributed by atoms with Crippen molar-refractivity contribution in [1.29, 1.82) is 10.5 Å². The standard InChI is InChI=1S/C10H10BrN3O.C6H3BrN2O/c1-10(15)5-14(6-10)9-7(3-12)2-8(11)4-13-9;7-5-1-4(2-8)6(10)9-3-5/h2,4,15H,5-6H2,1H3;1,3H,(H,9,10). The molecule has 7 nitrogen and oxygen atoms in total. The van der Waals surface area contributed by atoms with Crippen molar-refractivity contribution in [3.05, 3.63) is 55.0 Å². The molecular formula is C16H13Br2N5O2. The number of hydrogen-bond donors (Lipinski definition) is 2. The molecule has 2 N–H and O–H groups in total. The van der Waals surface area contributed by atoms with Crippen LogP contribution in [0.5, 0.6) is 0 Å². The van der Waals surface area contributed by atoms with Crippen molar-refractivity contribution in [1.82, 2.24) is 9.97 Å². The SMILES string of the molecule is CC1(O)CN(c2ncc(Br)cc2C#N)C1.N#Cc1cc(Br)c[nH]c1=O. The fourth-order valence-electron chi connectivity index (χ4n) is 2.23. The van der Waals surface area contributed by atoms with Crippen LogP contribution in [-0.2, 0) is 0 Å². The molecule has 0 saturated carbocycles. The summed E-state index contributed by atoms with van der Waals surface area (Å²) in [4.78, 5) is 19.2. The first-order chi connectivity index (χ1) is 11.8. The Morgan fingerprint density at radius 3 is 2.36 bits per heavy atom. The molecule has 128 valence electrons. The van der Waals surface area contributed by atoms with E-state index in [2.05, 4.69) is 47.9 Å². The Balaban J connectivity index is 0.000000196. The van der Waals surface area contributed by atoms with Gasteiger partial charge in [0.15, 0.2) is 0 Å². The number of aromatic nitrogens is 2. The lowest BCUT2D eigenvalue weighted by Crippen LogP contribution is -2.60. The highest BCUT2D eigenvalue weighted by atomic mass is 79.9. The van der Waals surface area contributed by atoms with Gasteiger partial charge in [0.1, 0.15) is 23.5 Å². The third kappa shape index (κ3) is 4.89. The molecule has 1 fully saturated rings. The van der Waals surface area contributed by atoms with Crippen LogP contribution in [0.15, 0.2) is 38.3 Å². The molecular weight excluding hydrogens is 454 g/mol. The minimum absolute atomic E-state index is 0.120. The summed E-state index contributed by atoms with van der Waals surface area (Å²) in [6, 6.07) is 7.06. The molecule has 1 aliphatic rings. The molecule has 0 aromatic carbocycles. The lowest BCUT2D eigenvalue weighted by atomic mass is 9.96. The first-order valence-corrected chi connectivity index (χ1v) is 8.65. The zero-order chi connectivity index (χ0) is 18.6. The number of H-pyrrole nitrogens is 1. The molecule has 0 unspecified atom stereocenters. The van der Waals surface area contributed by atoms with Crippen LogP contribution in [0.4, 0.5) is 5.82 Å². The van der Waals surface area contributed by atoms with Crippen LogP contribution in [0.3, 0.4) is 0 Å². The third-order valence-electron chi connectivity index (χ3n) is 3.30. The summed E-state index contributed by atoms with van der Waals surface area (Å²) in [6.07, 6.45) is 3.15. The number of aliphatic hydroxyl groups is 1. The number of hydrogen-bond acceptors (Lipinski definition) is 6. The van der Waals surface area contributed by atoms with Crippen molar-refractivity contribution in [2.75, 3.05) is 18.0 Å². The van der Waals surface area contributed by atoms with E-state index in [0.29, 0.717) is 28.9 Å². The van der Waals surface area contributed by atoms with E-state index in [1.54, 1.807) is 25.3 Å². The van der Waals surface area contributed by atoms with Crippen molar-refractivity contribution in [3.8, 4) is 12.1 Å². The quantitative estimate of drug-likeness (QED) is 0.665. The molecule has 2 aromatic rings. The predicted octanol–water partition coefficient (Wildman–Crippen LogP) is 2.30. The second-order valence-corrected chi connectivity index (χ2v) is 7.49. The highest BCUT2D eigenvalue weighted by molar-refractivity contribution is 9.10. The van der Waals surface area contributed by atoms with Crippen LogP contribution in [0, 0.1) is 22.7 Å². The second-order valence-electron chi connectivity index (χ2n) is 5.66. The highest BCUT2D eigenvalue weighted by Gasteiger charge is 2.38. The van der Waals surface area contributed by atoms with Crippen molar-refractivity contribution >= 4 is 37.7 Å². The largest absolute Gasteiger partial charge is 0.386 e. The molecule has 3 rings (SSSR count). The van der Waals surface area contributed by atoms with Gasteiger partial charge in [-0.1, -0.05) is 0 Å². The molecule has 0 aliphatic carbocycles. The number of pyridine rings is 2. The molecule has 25 heavy (non-hydrogen) atoms. The van der Waals surface area contributed by atoms with Crippen molar-refractivity contribution in [2.45, 2.75) is 12.5 Å². The first-order valence-electron chi connectivity index (χ1n) is 7.07. The average Bonchev–Trinajstić information content (AvgIpc) is 2.55. The van der Waals surface area contributed by atoms with Gasteiger partial charge in [-0.3, -0.25) is 4.79 Å². The summed E-state index contributed by atoms with van der Waals surface area (Å²) < 4.78 is 1.48. The molecule has 0 bridgehead atoms. The summed E-state index contributed by atoms with van der Waals surface area (Å²) >= 11 is 6.38. The van der Waals surface area contributed by atoms with Crippen LogP contribution in [0.1, 0.15) is 18.1 Å². The minimum atomic E-state index is -0.651. The van der Waals surface area contributed by atoms with Gasteiger partial charge >= 0.3 is 0 Å². The van der Waals surface area contributed by atoms with E-state index in [1.807, 2.05) is 4.90 Å². The molecule has 1 saturated heterocycles. The average molecular weight is 467 g/mol. The Kier molecular flexibility index (Phi) is 5.96. The normalized spacial score (nSPS) is 14.4.